The minimum atomic E-state index is -2.65. The zero-order chi connectivity index (χ0) is 10.7. The number of nitrogens with two attached hydrogens (primary N) is 1. The lowest BCUT2D eigenvalue weighted by Gasteiger charge is -2.10. The first-order chi connectivity index (χ1) is 6.57. The Morgan fingerprint density at radius 2 is 2.29 bits per heavy atom. The molecule has 0 bridgehead atoms. The van der Waals surface area contributed by atoms with Crippen molar-refractivity contribution in [2.45, 2.75) is 19.8 Å². The molecule has 0 saturated heterocycles. The summed E-state index contributed by atoms with van der Waals surface area (Å²) in [6.45, 7) is 1.52. The maximum absolute atomic E-state index is 12.5. The lowest BCUT2D eigenvalue weighted by atomic mass is 10.0. The average Bonchev–Trinajstić information content (AvgIpc) is 2.10. The molecule has 0 spiro atoms. The fourth-order valence-corrected chi connectivity index (χ4v) is 1.22. The van der Waals surface area contributed by atoms with Crippen LogP contribution in [0.3, 0.4) is 0 Å². The smallest absolute Gasteiger partial charge is 0.267 e. The molecule has 0 atom stereocenters. The number of alkyl halides is 2. The van der Waals surface area contributed by atoms with Crippen molar-refractivity contribution < 1.29 is 8.78 Å². The Hall–Kier alpha value is -1.70. The van der Waals surface area contributed by atoms with Gasteiger partial charge >= 0.3 is 0 Å². The molecular weight excluding hydrogens is 188 g/mol. The first-order valence-corrected chi connectivity index (χ1v) is 3.96. The zero-order valence-corrected chi connectivity index (χ0v) is 7.59. The van der Waals surface area contributed by atoms with Crippen LogP contribution in [0.4, 0.5) is 14.6 Å². The quantitative estimate of drug-likeness (QED) is 0.788. The van der Waals surface area contributed by atoms with E-state index in [0.29, 0.717) is 11.1 Å². The van der Waals surface area contributed by atoms with Crippen molar-refractivity contribution in [3.05, 3.63) is 22.9 Å². The van der Waals surface area contributed by atoms with Crippen LogP contribution in [0.2, 0.25) is 0 Å². The van der Waals surface area contributed by atoms with E-state index < -0.39 is 6.43 Å². The first-order valence-electron chi connectivity index (χ1n) is 3.96. The summed E-state index contributed by atoms with van der Waals surface area (Å²) in [5.41, 5.74) is 5.90. The fourth-order valence-electron chi connectivity index (χ4n) is 1.22. The highest BCUT2D eigenvalue weighted by molar-refractivity contribution is 5.48. The predicted octanol–water partition coefficient (Wildman–Crippen LogP) is 1.98. The van der Waals surface area contributed by atoms with Gasteiger partial charge in [0.05, 0.1) is 18.1 Å². The Labute approximate surface area is 80.2 Å². The van der Waals surface area contributed by atoms with Crippen LogP contribution < -0.4 is 5.73 Å². The molecule has 0 radical (unpaired) electrons. The minimum absolute atomic E-state index is 0.0683. The Morgan fingerprint density at radius 1 is 1.64 bits per heavy atom. The van der Waals surface area contributed by atoms with E-state index in [0.717, 1.165) is 0 Å². The number of nitrogens with zero attached hydrogens (tertiary/aromatic N) is 2. The molecule has 0 aliphatic carbocycles. The van der Waals surface area contributed by atoms with Crippen LogP contribution in [0.25, 0.3) is 0 Å². The van der Waals surface area contributed by atoms with E-state index >= 15 is 0 Å². The molecule has 0 aliphatic rings. The van der Waals surface area contributed by atoms with E-state index in [2.05, 4.69) is 4.98 Å². The van der Waals surface area contributed by atoms with Crippen LogP contribution in [-0.2, 0) is 6.42 Å². The summed E-state index contributed by atoms with van der Waals surface area (Å²) in [5, 5.41) is 8.45. The molecular formula is C9H9F2N3. The van der Waals surface area contributed by atoms with Gasteiger partial charge in [-0.2, -0.15) is 5.26 Å². The highest BCUT2D eigenvalue weighted by Crippen LogP contribution is 2.28. The van der Waals surface area contributed by atoms with Crippen molar-refractivity contribution in [2.75, 3.05) is 5.73 Å². The number of hydrogen-bond donors (Lipinski definition) is 1. The van der Waals surface area contributed by atoms with Crippen LogP contribution in [0.5, 0.6) is 0 Å². The van der Waals surface area contributed by atoms with Gasteiger partial charge in [0.25, 0.3) is 6.43 Å². The minimum Gasteiger partial charge on any atom is -0.383 e. The van der Waals surface area contributed by atoms with Crippen LogP contribution in [-0.4, -0.2) is 4.98 Å². The van der Waals surface area contributed by atoms with Gasteiger partial charge in [0.2, 0.25) is 0 Å². The van der Waals surface area contributed by atoms with Crippen molar-refractivity contribution in [2.24, 2.45) is 0 Å². The van der Waals surface area contributed by atoms with Gasteiger partial charge in [0, 0.05) is 6.20 Å². The van der Waals surface area contributed by atoms with Crippen LogP contribution >= 0.6 is 0 Å². The van der Waals surface area contributed by atoms with E-state index in [1.165, 1.54) is 13.1 Å². The number of aromatic nitrogens is 1. The van der Waals surface area contributed by atoms with E-state index in [1.807, 2.05) is 6.07 Å². The molecule has 5 heteroatoms. The lowest BCUT2D eigenvalue weighted by molar-refractivity contribution is 0.151. The van der Waals surface area contributed by atoms with Gasteiger partial charge in [0.15, 0.2) is 0 Å². The van der Waals surface area contributed by atoms with E-state index in [1.54, 1.807) is 0 Å². The second kappa shape index (κ2) is 4.01. The Kier molecular flexibility index (Phi) is 2.97. The number of rotatable bonds is 2. The average molecular weight is 197 g/mol. The molecule has 1 heterocycles. The molecule has 2 N–H and O–H groups in total. The van der Waals surface area contributed by atoms with Crippen LogP contribution in [0, 0.1) is 18.3 Å². The third-order valence-electron chi connectivity index (χ3n) is 2.01. The maximum atomic E-state index is 12.5. The zero-order valence-electron chi connectivity index (χ0n) is 7.59. The van der Waals surface area contributed by atoms with E-state index in [-0.39, 0.29) is 17.8 Å². The van der Waals surface area contributed by atoms with Gasteiger partial charge in [-0.3, -0.25) is 0 Å². The molecule has 1 aromatic rings. The highest BCUT2D eigenvalue weighted by Gasteiger charge is 2.17. The summed E-state index contributed by atoms with van der Waals surface area (Å²) in [5.74, 6) is -0.167. The van der Waals surface area contributed by atoms with Gasteiger partial charge in [-0.15, -0.1) is 0 Å². The van der Waals surface area contributed by atoms with Crippen LogP contribution in [0.1, 0.15) is 23.1 Å². The molecule has 0 saturated carbocycles. The molecule has 14 heavy (non-hydrogen) atoms. The number of hydrogen-bond acceptors (Lipinski definition) is 3. The SMILES string of the molecule is Cc1c(CC#N)cnc(N)c1C(F)F. The standard InChI is InChI=1S/C9H9F2N3/c1-5-6(2-3-12)4-14-9(13)7(5)8(10)11/h4,8H,2H2,1H3,(H2,13,14). The van der Waals surface area contributed by atoms with Gasteiger partial charge < -0.3 is 5.73 Å². The third-order valence-corrected chi connectivity index (χ3v) is 2.01. The van der Waals surface area contributed by atoms with Gasteiger partial charge in [-0.1, -0.05) is 0 Å². The van der Waals surface area contributed by atoms with Crippen molar-refractivity contribution in [1.82, 2.24) is 4.98 Å². The Morgan fingerprint density at radius 3 is 2.79 bits per heavy atom. The number of anilines is 1. The summed E-state index contributed by atoms with van der Waals surface area (Å²) in [6.07, 6.45) is -1.22. The number of halogens is 2. The highest BCUT2D eigenvalue weighted by atomic mass is 19.3. The normalized spacial score (nSPS) is 10.2. The molecule has 74 valence electrons. The first kappa shape index (κ1) is 10.4. The topological polar surface area (TPSA) is 62.7 Å². The predicted molar refractivity (Wildman–Crippen MR) is 47.7 cm³/mol. The summed E-state index contributed by atoms with van der Waals surface area (Å²) in [6, 6.07) is 1.88. The van der Waals surface area contributed by atoms with Gasteiger partial charge in [-0.05, 0) is 18.1 Å². The molecule has 1 aromatic heterocycles. The van der Waals surface area contributed by atoms with Crippen molar-refractivity contribution >= 4 is 5.82 Å². The molecule has 0 aromatic carbocycles. The molecule has 1 rings (SSSR count). The molecule has 3 nitrogen and oxygen atoms in total. The Bertz CT molecular complexity index is 382. The van der Waals surface area contributed by atoms with Gasteiger partial charge in [-0.25, -0.2) is 13.8 Å². The second-order valence-electron chi connectivity index (χ2n) is 2.84. The second-order valence-corrected chi connectivity index (χ2v) is 2.84. The number of nitriles is 1. The largest absolute Gasteiger partial charge is 0.383 e. The van der Waals surface area contributed by atoms with E-state index in [4.69, 9.17) is 11.0 Å². The maximum Gasteiger partial charge on any atom is 0.267 e. The van der Waals surface area contributed by atoms with Crippen molar-refractivity contribution in [3.8, 4) is 6.07 Å². The lowest BCUT2D eigenvalue weighted by Crippen LogP contribution is -2.04. The summed E-state index contributed by atoms with van der Waals surface area (Å²) < 4.78 is 25.0. The van der Waals surface area contributed by atoms with Crippen molar-refractivity contribution in [1.29, 1.82) is 5.26 Å². The van der Waals surface area contributed by atoms with E-state index in [9.17, 15) is 8.78 Å². The third kappa shape index (κ3) is 1.79. The van der Waals surface area contributed by atoms with Gasteiger partial charge in [0.1, 0.15) is 5.82 Å². The molecule has 0 aliphatic heterocycles. The summed E-state index contributed by atoms with van der Waals surface area (Å²) in [4.78, 5) is 3.63. The summed E-state index contributed by atoms with van der Waals surface area (Å²) in [7, 11) is 0. The molecule has 0 unspecified atom stereocenters. The molecule has 0 fully saturated rings. The number of nitrogen functional groups attached to an aromatic ring is 1. The Balaban J connectivity index is 3.28. The van der Waals surface area contributed by atoms with Crippen molar-refractivity contribution in [3.63, 3.8) is 0 Å². The monoisotopic (exact) mass is 197 g/mol. The number of pyridine rings is 1. The fraction of sp³-hybridized carbons (Fsp3) is 0.333. The summed E-state index contributed by atoms with van der Waals surface area (Å²) >= 11 is 0. The van der Waals surface area contributed by atoms with Crippen LogP contribution in [0.15, 0.2) is 6.20 Å². The molecule has 0 amide bonds.